The number of hydrogen-bond acceptors (Lipinski definition) is 5. The summed E-state index contributed by atoms with van der Waals surface area (Å²) in [5, 5.41) is 2.42. The summed E-state index contributed by atoms with van der Waals surface area (Å²) in [6, 6.07) is -0.555. The van der Waals surface area contributed by atoms with Crippen molar-refractivity contribution in [1.29, 1.82) is 0 Å². The Bertz CT molecular complexity index is 336. The molecule has 0 atom stereocenters. The Morgan fingerprint density at radius 1 is 1.41 bits per heavy atom. The van der Waals surface area contributed by atoms with Crippen molar-refractivity contribution in [3.63, 3.8) is 0 Å². The zero-order valence-electron chi connectivity index (χ0n) is 9.90. The molecule has 0 aromatic rings. The first-order valence-electron chi connectivity index (χ1n) is 5.05. The number of imide groups is 1. The van der Waals surface area contributed by atoms with Gasteiger partial charge in [-0.25, -0.2) is 19.3 Å². The van der Waals surface area contributed by atoms with Crippen molar-refractivity contribution >= 4 is 18.2 Å². The van der Waals surface area contributed by atoms with E-state index >= 15 is 0 Å². The van der Waals surface area contributed by atoms with Crippen molar-refractivity contribution < 1.29 is 24.0 Å². The number of rotatable bonds is 0. The first kappa shape index (κ1) is 13.1. The topological polar surface area (TPSA) is 97.0 Å². The standard InChI is InChI=1S/C9H15N3O5/c1-9(2,3)16-7(14)11-17-8(15)12-5-4-10-6(12)13/h4-5H2,1-3H3,(H,10,13)(H,11,14). The smallest absolute Gasteiger partial charge is 0.442 e. The lowest BCUT2D eigenvalue weighted by molar-refractivity contribution is 0.00946. The van der Waals surface area contributed by atoms with Crippen LogP contribution in [-0.2, 0) is 9.57 Å². The Hall–Kier alpha value is -1.99. The third-order valence-corrected chi connectivity index (χ3v) is 1.70. The maximum absolute atomic E-state index is 11.3. The van der Waals surface area contributed by atoms with Gasteiger partial charge in [-0.2, -0.15) is 0 Å². The molecule has 8 heteroatoms. The minimum atomic E-state index is -0.953. The summed E-state index contributed by atoms with van der Waals surface area (Å²) in [7, 11) is 0. The molecule has 1 heterocycles. The van der Waals surface area contributed by atoms with Crippen molar-refractivity contribution in [2.24, 2.45) is 0 Å². The van der Waals surface area contributed by atoms with Gasteiger partial charge >= 0.3 is 18.2 Å². The number of nitrogens with zero attached hydrogens (tertiary/aromatic N) is 1. The van der Waals surface area contributed by atoms with E-state index in [9.17, 15) is 14.4 Å². The van der Waals surface area contributed by atoms with E-state index in [2.05, 4.69) is 10.2 Å². The fourth-order valence-corrected chi connectivity index (χ4v) is 1.09. The number of ether oxygens (including phenoxy) is 1. The number of hydroxylamine groups is 1. The molecule has 0 radical (unpaired) electrons. The molecule has 0 aliphatic carbocycles. The summed E-state index contributed by atoms with van der Waals surface area (Å²) >= 11 is 0. The van der Waals surface area contributed by atoms with Crippen LogP contribution in [0, 0.1) is 0 Å². The van der Waals surface area contributed by atoms with E-state index < -0.39 is 23.8 Å². The van der Waals surface area contributed by atoms with Gasteiger partial charge in [0.25, 0.3) is 0 Å². The van der Waals surface area contributed by atoms with E-state index in [0.717, 1.165) is 4.90 Å². The maximum atomic E-state index is 11.3. The van der Waals surface area contributed by atoms with Crippen molar-refractivity contribution in [2.75, 3.05) is 13.1 Å². The number of urea groups is 1. The minimum Gasteiger partial charge on any atom is -0.442 e. The summed E-state index contributed by atoms with van der Waals surface area (Å²) in [6.45, 7) is 5.57. The van der Waals surface area contributed by atoms with Crippen LogP contribution in [0.3, 0.4) is 0 Å². The molecule has 0 bridgehead atoms. The maximum Gasteiger partial charge on any atom is 0.442 e. The van der Waals surface area contributed by atoms with Gasteiger partial charge in [-0.3, -0.25) is 0 Å². The van der Waals surface area contributed by atoms with E-state index in [1.165, 1.54) is 0 Å². The van der Waals surface area contributed by atoms with Gasteiger partial charge in [-0.05, 0) is 20.8 Å². The summed E-state index contributed by atoms with van der Waals surface area (Å²) in [5.41, 5.74) is 1.11. The number of nitrogens with one attached hydrogen (secondary N) is 2. The van der Waals surface area contributed by atoms with E-state index in [-0.39, 0.29) is 6.54 Å². The highest BCUT2D eigenvalue weighted by molar-refractivity contribution is 5.92. The van der Waals surface area contributed by atoms with E-state index in [0.29, 0.717) is 6.54 Å². The van der Waals surface area contributed by atoms with Gasteiger partial charge in [-0.1, -0.05) is 0 Å². The Morgan fingerprint density at radius 2 is 2.06 bits per heavy atom. The second-order valence-corrected chi connectivity index (χ2v) is 4.36. The predicted molar refractivity (Wildman–Crippen MR) is 56.0 cm³/mol. The number of hydrogen-bond donors (Lipinski definition) is 2. The molecular weight excluding hydrogens is 230 g/mol. The lowest BCUT2D eigenvalue weighted by Gasteiger charge is -2.19. The Morgan fingerprint density at radius 3 is 2.53 bits per heavy atom. The molecule has 1 aliphatic rings. The molecule has 1 saturated heterocycles. The number of carbonyl (C=O) groups excluding carboxylic acids is 3. The van der Waals surface area contributed by atoms with Crippen LogP contribution < -0.4 is 10.8 Å². The van der Waals surface area contributed by atoms with Gasteiger partial charge in [0.2, 0.25) is 0 Å². The van der Waals surface area contributed by atoms with Crippen LogP contribution in [0.2, 0.25) is 0 Å². The molecule has 17 heavy (non-hydrogen) atoms. The summed E-state index contributed by atoms with van der Waals surface area (Å²) in [5.74, 6) is 0. The lowest BCUT2D eigenvalue weighted by Crippen LogP contribution is -2.40. The second kappa shape index (κ2) is 4.89. The summed E-state index contributed by atoms with van der Waals surface area (Å²) < 4.78 is 4.83. The van der Waals surface area contributed by atoms with Crippen LogP contribution in [0.4, 0.5) is 14.4 Å². The normalized spacial score (nSPS) is 15.2. The molecule has 2 N–H and O–H groups in total. The van der Waals surface area contributed by atoms with Crippen molar-refractivity contribution in [2.45, 2.75) is 26.4 Å². The van der Waals surface area contributed by atoms with Crippen LogP contribution in [0.1, 0.15) is 20.8 Å². The molecule has 1 fully saturated rings. The fourth-order valence-electron chi connectivity index (χ4n) is 1.09. The lowest BCUT2D eigenvalue weighted by atomic mass is 10.2. The third-order valence-electron chi connectivity index (χ3n) is 1.70. The van der Waals surface area contributed by atoms with Gasteiger partial charge in [0, 0.05) is 6.54 Å². The first-order chi connectivity index (χ1) is 7.79. The number of amides is 4. The van der Waals surface area contributed by atoms with E-state index in [4.69, 9.17) is 4.74 Å². The van der Waals surface area contributed by atoms with Crippen LogP contribution in [0.5, 0.6) is 0 Å². The Kier molecular flexibility index (Phi) is 3.77. The van der Waals surface area contributed by atoms with Gasteiger partial charge < -0.3 is 14.9 Å². The van der Waals surface area contributed by atoms with Crippen LogP contribution >= 0.6 is 0 Å². The summed E-state index contributed by atoms with van der Waals surface area (Å²) in [6.07, 6.45) is -1.85. The van der Waals surface area contributed by atoms with Gasteiger partial charge in [-0.15, -0.1) is 5.48 Å². The Labute approximate surface area is 98.2 Å². The largest absolute Gasteiger partial charge is 0.442 e. The molecule has 0 unspecified atom stereocenters. The molecule has 8 nitrogen and oxygen atoms in total. The molecule has 0 aromatic heterocycles. The number of carbonyl (C=O) groups is 3. The van der Waals surface area contributed by atoms with Crippen molar-refractivity contribution in [3.8, 4) is 0 Å². The quantitative estimate of drug-likeness (QED) is 0.609. The highest BCUT2D eigenvalue weighted by atomic mass is 16.7. The van der Waals surface area contributed by atoms with Gasteiger partial charge in [0.15, 0.2) is 0 Å². The zero-order chi connectivity index (χ0) is 13.1. The van der Waals surface area contributed by atoms with Crippen LogP contribution in [-0.4, -0.2) is 41.8 Å². The predicted octanol–water partition coefficient (Wildman–Crippen LogP) is 0.588. The average molecular weight is 245 g/mol. The minimum absolute atomic E-state index is 0.202. The summed E-state index contributed by atoms with van der Waals surface area (Å²) in [4.78, 5) is 38.7. The van der Waals surface area contributed by atoms with E-state index in [1.54, 1.807) is 26.3 Å². The second-order valence-electron chi connectivity index (χ2n) is 4.36. The van der Waals surface area contributed by atoms with Crippen LogP contribution in [0.15, 0.2) is 0 Å². The van der Waals surface area contributed by atoms with Crippen LogP contribution in [0.25, 0.3) is 0 Å². The molecule has 0 spiro atoms. The van der Waals surface area contributed by atoms with Gasteiger partial charge in [0.1, 0.15) is 5.60 Å². The Balaban J connectivity index is 2.33. The monoisotopic (exact) mass is 245 g/mol. The molecular formula is C9H15N3O5. The fraction of sp³-hybridized carbons (Fsp3) is 0.667. The molecule has 96 valence electrons. The molecule has 4 amide bonds. The molecule has 1 rings (SSSR count). The van der Waals surface area contributed by atoms with Crippen molar-refractivity contribution in [1.82, 2.24) is 15.7 Å². The highest BCUT2D eigenvalue weighted by Gasteiger charge is 2.28. The molecule has 0 aromatic carbocycles. The van der Waals surface area contributed by atoms with Crippen molar-refractivity contribution in [3.05, 3.63) is 0 Å². The third kappa shape index (κ3) is 4.17. The average Bonchev–Trinajstić information content (AvgIpc) is 2.58. The first-order valence-corrected chi connectivity index (χ1v) is 5.05. The highest BCUT2D eigenvalue weighted by Crippen LogP contribution is 2.06. The van der Waals surface area contributed by atoms with E-state index in [1.807, 2.05) is 0 Å². The molecule has 0 saturated carbocycles. The van der Waals surface area contributed by atoms with Gasteiger partial charge in [0.05, 0.1) is 6.54 Å². The zero-order valence-corrected chi connectivity index (χ0v) is 9.90. The SMILES string of the molecule is CC(C)(C)OC(=O)NOC(=O)N1CCNC1=O. The molecule has 1 aliphatic heterocycles.